The van der Waals surface area contributed by atoms with Gasteiger partial charge in [-0.2, -0.15) is 5.26 Å². The zero-order valence-electron chi connectivity index (χ0n) is 7.88. The minimum absolute atomic E-state index is 0.304. The zero-order valence-corrected chi connectivity index (χ0v) is 11.1. The molecule has 1 aromatic rings. The van der Waals surface area contributed by atoms with Crippen molar-refractivity contribution in [3.05, 3.63) is 26.6 Å². The van der Waals surface area contributed by atoms with Gasteiger partial charge in [-0.05, 0) is 44.0 Å². The van der Waals surface area contributed by atoms with Crippen molar-refractivity contribution in [1.29, 1.82) is 5.26 Å². The Morgan fingerprint density at radius 3 is 2.40 bits per heavy atom. The van der Waals surface area contributed by atoms with E-state index in [0.717, 1.165) is 0 Å². The van der Waals surface area contributed by atoms with E-state index >= 15 is 0 Å². The van der Waals surface area contributed by atoms with E-state index in [1.54, 1.807) is 19.1 Å². The molecule has 0 spiro atoms. The first-order chi connectivity index (χ1) is 7.08. The standard InChI is InChI=1S/C10H7Br2NO2/c1-2-9(14)15-10-7(11)3-6(5-13)4-8(10)12/h3-4H,2H2,1H3. The first-order valence-electron chi connectivity index (χ1n) is 4.18. The molecule has 0 saturated carbocycles. The average molecular weight is 333 g/mol. The lowest BCUT2D eigenvalue weighted by atomic mass is 10.2. The highest BCUT2D eigenvalue weighted by Crippen LogP contribution is 2.34. The highest BCUT2D eigenvalue weighted by atomic mass is 79.9. The van der Waals surface area contributed by atoms with Crippen LogP contribution in [-0.4, -0.2) is 5.97 Å². The molecule has 0 amide bonds. The van der Waals surface area contributed by atoms with Crippen molar-refractivity contribution in [3.63, 3.8) is 0 Å². The van der Waals surface area contributed by atoms with Gasteiger partial charge in [-0.1, -0.05) is 6.92 Å². The number of halogens is 2. The molecule has 0 unspecified atom stereocenters. The van der Waals surface area contributed by atoms with Crippen LogP contribution in [0.15, 0.2) is 21.1 Å². The van der Waals surface area contributed by atoms with Crippen molar-refractivity contribution >= 4 is 37.8 Å². The Bertz CT molecular complexity index is 415. The number of rotatable bonds is 2. The Morgan fingerprint density at radius 2 is 2.00 bits per heavy atom. The fourth-order valence-corrected chi connectivity index (χ4v) is 2.26. The third kappa shape index (κ3) is 3.05. The largest absolute Gasteiger partial charge is 0.424 e. The summed E-state index contributed by atoms with van der Waals surface area (Å²) in [6, 6.07) is 5.20. The Balaban J connectivity index is 3.10. The molecule has 1 aromatic carbocycles. The zero-order chi connectivity index (χ0) is 11.4. The van der Waals surface area contributed by atoms with E-state index in [1.807, 2.05) is 6.07 Å². The molecule has 0 aliphatic rings. The molecule has 0 aliphatic heterocycles. The van der Waals surface area contributed by atoms with E-state index in [4.69, 9.17) is 10.00 Å². The smallest absolute Gasteiger partial charge is 0.310 e. The number of nitrogens with zero attached hydrogens (tertiary/aromatic N) is 1. The van der Waals surface area contributed by atoms with Crippen LogP contribution in [0.3, 0.4) is 0 Å². The van der Waals surface area contributed by atoms with Crippen LogP contribution in [0.5, 0.6) is 5.75 Å². The summed E-state index contributed by atoms with van der Waals surface area (Å²) in [6.45, 7) is 1.72. The van der Waals surface area contributed by atoms with E-state index < -0.39 is 0 Å². The third-order valence-corrected chi connectivity index (χ3v) is 2.81. The molecule has 15 heavy (non-hydrogen) atoms. The molecule has 78 valence electrons. The Labute approximate surface area is 104 Å². The first-order valence-corrected chi connectivity index (χ1v) is 5.77. The van der Waals surface area contributed by atoms with Crippen LogP contribution in [0.2, 0.25) is 0 Å². The van der Waals surface area contributed by atoms with Crippen LogP contribution in [0.4, 0.5) is 0 Å². The second kappa shape index (κ2) is 5.29. The van der Waals surface area contributed by atoms with Gasteiger partial charge >= 0.3 is 5.97 Å². The van der Waals surface area contributed by atoms with Gasteiger partial charge < -0.3 is 4.74 Å². The van der Waals surface area contributed by atoms with E-state index in [0.29, 0.717) is 26.7 Å². The fourth-order valence-electron chi connectivity index (χ4n) is 0.908. The second-order valence-electron chi connectivity index (χ2n) is 2.71. The van der Waals surface area contributed by atoms with Crippen molar-refractivity contribution in [3.8, 4) is 11.8 Å². The Kier molecular flexibility index (Phi) is 4.30. The van der Waals surface area contributed by atoms with Gasteiger partial charge in [0.1, 0.15) is 0 Å². The molecule has 0 bridgehead atoms. The van der Waals surface area contributed by atoms with Crippen molar-refractivity contribution in [2.75, 3.05) is 0 Å². The van der Waals surface area contributed by atoms with Gasteiger partial charge in [-0.3, -0.25) is 4.79 Å². The molecule has 5 heteroatoms. The molecule has 0 atom stereocenters. The second-order valence-corrected chi connectivity index (χ2v) is 4.42. The maximum atomic E-state index is 11.1. The van der Waals surface area contributed by atoms with Crippen LogP contribution in [0.25, 0.3) is 0 Å². The summed E-state index contributed by atoms with van der Waals surface area (Å²) in [6.07, 6.45) is 0.304. The summed E-state index contributed by atoms with van der Waals surface area (Å²) in [5, 5.41) is 8.71. The number of esters is 1. The molecule has 0 radical (unpaired) electrons. The molecular formula is C10H7Br2NO2. The normalized spacial score (nSPS) is 9.47. The minimum atomic E-state index is -0.318. The maximum Gasteiger partial charge on any atom is 0.310 e. The lowest BCUT2D eigenvalue weighted by Gasteiger charge is -2.07. The lowest BCUT2D eigenvalue weighted by Crippen LogP contribution is -2.06. The van der Waals surface area contributed by atoms with Gasteiger partial charge in [0.05, 0.1) is 20.6 Å². The van der Waals surface area contributed by atoms with Gasteiger partial charge in [0.2, 0.25) is 0 Å². The summed E-state index contributed by atoms with van der Waals surface area (Å²) >= 11 is 6.48. The van der Waals surface area contributed by atoms with Crippen LogP contribution in [0, 0.1) is 11.3 Å². The van der Waals surface area contributed by atoms with Crippen LogP contribution >= 0.6 is 31.9 Å². The number of carbonyl (C=O) groups is 1. The van der Waals surface area contributed by atoms with Crippen LogP contribution in [-0.2, 0) is 4.79 Å². The number of benzene rings is 1. The monoisotopic (exact) mass is 331 g/mol. The van der Waals surface area contributed by atoms with E-state index in [1.165, 1.54) is 0 Å². The van der Waals surface area contributed by atoms with E-state index in [-0.39, 0.29) is 5.97 Å². The minimum Gasteiger partial charge on any atom is -0.424 e. The predicted octanol–water partition coefficient (Wildman–Crippen LogP) is 3.40. The van der Waals surface area contributed by atoms with Gasteiger partial charge in [-0.15, -0.1) is 0 Å². The molecule has 0 saturated heterocycles. The number of ether oxygens (including phenoxy) is 1. The molecular weight excluding hydrogens is 326 g/mol. The van der Waals surface area contributed by atoms with Crippen molar-refractivity contribution in [2.24, 2.45) is 0 Å². The number of hydrogen-bond acceptors (Lipinski definition) is 3. The van der Waals surface area contributed by atoms with Crippen LogP contribution < -0.4 is 4.74 Å². The molecule has 0 heterocycles. The average Bonchev–Trinajstić information content (AvgIpc) is 2.22. The Morgan fingerprint density at radius 1 is 1.47 bits per heavy atom. The topological polar surface area (TPSA) is 50.1 Å². The van der Waals surface area contributed by atoms with Gasteiger partial charge in [0, 0.05) is 6.42 Å². The number of hydrogen-bond donors (Lipinski definition) is 0. The lowest BCUT2D eigenvalue weighted by molar-refractivity contribution is -0.134. The molecule has 0 aromatic heterocycles. The quantitative estimate of drug-likeness (QED) is 0.616. The predicted molar refractivity (Wildman–Crippen MR) is 62.5 cm³/mol. The summed E-state index contributed by atoms with van der Waals surface area (Å²) < 4.78 is 6.24. The summed E-state index contributed by atoms with van der Waals surface area (Å²) in [7, 11) is 0. The maximum absolute atomic E-state index is 11.1. The number of nitriles is 1. The molecule has 0 aliphatic carbocycles. The summed E-state index contributed by atoms with van der Waals surface area (Å²) in [4.78, 5) is 11.1. The summed E-state index contributed by atoms with van der Waals surface area (Å²) in [5.74, 6) is 0.0851. The molecule has 3 nitrogen and oxygen atoms in total. The highest BCUT2D eigenvalue weighted by molar-refractivity contribution is 9.11. The van der Waals surface area contributed by atoms with Crippen molar-refractivity contribution < 1.29 is 9.53 Å². The van der Waals surface area contributed by atoms with Gasteiger partial charge in [0.25, 0.3) is 0 Å². The highest BCUT2D eigenvalue weighted by Gasteiger charge is 2.11. The van der Waals surface area contributed by atoms with Crippen molar-refractivity contribution in [2.45, 2.75) is 13.3 Å². The molecule has 1 rings (SSSR count). The van der Waals surface area contributed by atoms with E-state index in [9.17, 15) is 4.79 Å². The number of carbonyl (C=O) groups excluding carboxylic acids is 1. The van der Waals surface area contributed by atoms with E-state index in [2.05, 4.69) is 31.9 Å². The third-order valence-electron chi connectivity index (χ3n) is 1.63. The van der Waals surface area contributed by atoms with Gasteiger partial charge in [0.15, 0.2) is 5.75 Å². The fraction of sp³-hybridized carbons (Fsp3) is 0.200. The Hall–Kier alpha value is -0.860. The van der Waals surface area contributed by atoms with Gasteiger partial charge in [-0.25, -0.2) is 0 Å². The SMILES string of the molecule is CCC(=O)Oc1c(Br)cc(C#N)cc1Br. The molecule has 0 fully saturated rings. The first kappa shape index (κ1) is 12.2. The summed E-state index contributed by atoms with van der Waals surface area (Å²) in [5.41, 5.74) is 0.491. The van der Waals surface area contributed by atoms with Crippen LogP contribution in [0.1, 0.15) is 18.9 Å². The van der Waals surface area contributed by atoms with Crippen molar-refractivity contribution in [1.82, 2.24) is 0 Å². The molecule has 0 N–H and O–H groups in total.